The van der Waals surface area contributed by atoms with E-state index in [0.29, 0.717) is 30.9 Å². The number of aromatic nitrogens is 2. The van der Waals surface area contributed by atoms with Crippen LogP contribution in [0.1, 0.15) is 31.4 Å². The number of carboxylic acids is 1. The second-order valence-electron chi connectivity index (χ2n) is 8.69. The number of aryl methyl sites for hydroxylation is 1. The van der Waals surface area contributed by atoms with Gasteiger partial charge in [-0.1, -0.05) is 35.1 Å². The summed E-state index contributed by atoms with van der Waals surface area (Å²) < 4.78 is 34.1. The predicted octanol–water partition coefficient (Wildman–Crippen LogP) is 5.28. The molecule has 1 aromatic carbocycles. The van der Waals surface area contributed by atoms with Gasteiger partial charge in [0.1, 0.15) is 4.90 Å². The fourth-order valence-corrected chi connectivity index (χ4v) is 6.65. The first-order chi connectivity index (χ1) is 17.2. The summed E-state index contributed by atoms with van der Waals surface area (Å²) in [6, 6.07) is 8.08. The van der Waals surface area contributed by atoms with E-state index in [1.165, 1.54) is 24.5 Å². The van der Waals surface area contributed by atoms with Crippen molar-refractivity contribution in [3.8, 4) is 16.3 Å². The average molecular weight is 551 g/mol. The van der Waals surface area contributed by atoms with E-state index in [-0.39, 0.29) is 27.4 Å². The van der Waals surface area contributed by atoms with Crippen LogP contribution in [0.5, 0.6) is 5.88 Å². The highest BCUT2D eigenvalue weighted by Gasteiger charge is 2.27. The number of nitrogens with zero attached hydrogens (tertiary/aromatic N) is 2. The Hall–Kier alpha value is -2.89. The number of rotatable bonds is 9. The standard InChI is InChI=1S/C24H27ClN4O5S2/c1-14-21(35-24(28-14)27-12-15-7-9-16(10-8-15)23(30)31)17-11-20(22(34-2)26-13-17)36(32,33)29-19-6-4-3-5-18(19)25/h3-6,11,13,15-16,29H,7-10,12H2,1-2H3,(H,27,28)(H,30,31)/t15-,16-. The molecule has 0 saturated heterocycles. The van der Waals surface area contributed by atoms with Crippen molar-refractivity contribution >= 4 is 49.7 Å². The van der Waals surface area contributed by atoms with Crippen molar-refractivity contribution < 1.29 is 23.1 Å². The Morgan fingerprint density at radius 2 is 1.97 bits per heavy atom. The summed E-state index contributed by atoms with van der Waals surface area (Å²) in [4.78, 5) is 20.7. The molecule has 0 spiro atoms. The molecule has 36 heavy (non-hydrogen) atoms. The van der Waals surface area contributed by atoms with Gasteiger partial charge in [-0.3, -0.25) is 9.52 Å². The topological polar surface area (TPSA) is 131 Å². The van der Waals surface area contributed by atoms with Crippen LogP contribution in [0.2, 0.25) is 5.02 Å². The van der Waals surface area contributed by atoms with Gasteiger partial charge in [-0.15, -0.1) is 0 Å². The highest BCUT2D eigenvalue weighted by atomic mass is 35.5. The lowest BCUT2D eigenvalue weighted by Gasteiger charge is -2.26. The number of carbonyl (C=O) groups is 1. The third-order valence-corrected chi connectivity index (χ3v) is 9.07. The van der Waals surface area contributed by atoms with Gasteiger partial charge < -0.3 is 15.2 Å². The Kier molecular flexibility index (Phi) is 8.01. The minimum atomic E-state index is -4.05. The van der Waals surface area contributed by atoms with Gasteiger partial charge in [0, 0.05) is 18.3 Å². The number of nitrogens with one attached hydrogen (secondary N) is 2. The molecule has 192 valence electrons. The first-order valence-electron chi connectivity index (χ1n) is 11.4. The summed E-state index contributed by atoms with van der Waals surface area (Å²) in [5, 5.41) is 13.5. The molecule has 0 amide bonds. The molecule has 3 N–H and O–H groups in total. The van der Waals surface area contributed by atoms with Gasteiger partial charge in [-0.05, 0) is 56.7 Å². The molecular formula is C24H27ClN4O5S2. The summed E-state index contributed by atoms with van der Waals surface area (Å²) >= 11 is 7.55. The van der Waals surface area contributed by atoms with E-state index in [0.717, 1.165) is 28.5 Å². The molecule has 0 unspecified atom stereocenters. The number of hydrogen-bond donors (Lipinski definition) is 3. The number of pyridine rings is 1. The van der Waals surface area contributed by atoms with Gasteiger partial charge in [0.25, 0.3) is 10.0 Å². The molecule has 4 rings (SSSR count). The smallest absolute Gasteiger partial charge is 0.306 e. The number of aliphatic carboxylic acids is 1. The maximum atomic E-state index is 13.2. The maximum Gasteiger partial charge on any atom is 0.306 e. The lowest BCUT2D eigenvalue weighted by molar-refractivity contribution is -0.143. The SMILES string of the molecule is COc1ncc(-c2sc(NC[C@H]3CC[C@H](C(=O)O)CC3)nc2C)cc1S(=O)(=O)Nc1ccccc1Cl. The Labute approximate surface area is 219 Å². The second-order valence-corrected chi connectivity index (χ2v) is 11.7. The molecule has 3 aromatic rings. The van der Waals surface area contributed by atoms with Crippen molar-refractivity contribution in [1.82, 2.24) is 9.97 Å². The molecular weight excluding hydrogens is 524 g/mol. The predicted molar refractivity (Wildman–Crippen MR) is 140 cm³/mol. The Morgan fingerprint density at radius 3 is 2.64 bits per heavy atom. The summed E-state index contributed by atoms with van der Waals surface area (Å²) in [6.07, 6.45) is 4.68. The van der Waals surface area contributed by atoms with Crippen molar-refractivity contribution in [2.75, 3.05) is 23.7 Å². The lowest BCUT2D eigenvalue weighted by atomic mass is 9.82. The molecule has 1 aliphatic carbocycles. The average Bonchev–Trinajstić information content (AvgIpc) is 3.24. The fraction of sp³-hybridized carbons (Fsp3) is 0.375. The highest BCUT2D eigenvalue weighted by molar-refractivity contribution is 7.92. The van der Waals surface area contributed by atoms with Gasteiger partial charge in [0.05, 0.1) is 34.3 Å². The first-order valence-corrected chi connectivity index (χ1v) is 14.1. The van der Waals surface area contributed by atoms with E-state index >= 15 is 0 Å². The molecule has 1 fully saturated rings. The summed E-state index contributed by atoms with van der Waals surface area (Å²) in [5.74, 6) is -0.590. The van der Waals surface area contributed by atoms with Gasteiger partial charge in [-0.25, -0.2) is 18.4 Å². The number of ether oxygens (including phenoxy) is 1. The zero-order chi connectivity index (χ0) is 25.9. The van der Waals surface area contributed by atoms with E-state index in [2.05, 4.69) is 20.0 Å². The van der Waals surface area contributed by atoms with E-state index in [1.54, 1.807) is 30.5 Å². The minimum absolute atomic E-state index is 0.0317. The monoisotopic (exact) mass is 550 g/mol. The van der Waals surface area contributed by atoms with Crippen molar-refractivity contribution in [2.45, 2.75) is 37.5 Å². The number of hydrogen-bond acceptors (Lipinski definition) is 8. The number of benzene rings is 1. The molecule has 1 saturated carbocycles. The normalized spacial score (nSPS) is 18.0. The van der Waals surface area contributed by atoms with Crippen LogP contribution in [0.25, 0.3) is 10.4 Å². The molecule has 12 heteroatoms. The van der Waals surface area contributed by atoms with Gasteiger partial charge in [0.15, 0.2) is 5.13 Å². The summed E-state index contributed by atoms with van der Waals surface area (Å²) in [6.45, 7) is 2.57. The van der Waals surface area contributed by atoms with Crippen LogP contribution in [0.15, 0.2) is 41.4 Å². The molecule has 0 bridgehead atoms. The van der Waals surface area contributed by atoms with E-state index < -0.39 is 16.0 Å². The minimum Gasteiger partial charge on any atom is -0.481 e. The van der Waals surface area contributed by atoms with Crippen molar-refractivity contribution in [3.05, 3.63) is 47.2 Å². The Morgan fingerprint density at radius 1 is 1.25 bits per heavy atom. The largest absolute Gasteiger partial charge is 0.481 e. The van der Waals surface area contributed by atoms with Crippen LogP contribution in [-0.4, -0.2) is 43.1 Å². The zero-order valence-electron chi connectivity index (χ0n) is 19.8. The molecule has 1 aliphatic rings. The number of sulfonamides is 1. The maximum absolute atomic E-state index is 13.2. The van der Waals surface area contributed by atoms with Crippen LogP contribution in [-0.2, 0) is 14.8 Å². The second kappa shape index (κ2) is 11.0. The third-order valence-electron chi connectivity index (χ3n) is 6.22. The number of methoxy groups -OCH3 is 1. The number of para-hydroxylation sites is 1. The van der Waals surface area contributed by atoms with Crippen LogP contribution in [0.4, 0.5) is 10.8 Å². The summed E-state index contributed by atoms with van der Waals surface area (Å²) in [7, 11) is -2.68. The van der Waals surface area contributed by atoms with Crippen LogP contribution in [0.3, 0.4) is 0 Å². The number of thiazole rings is 1. The molecule has 2 heterocycles. The lowest BCUT2D eigenvalue weighted by Crippen LogP contribution is -2.25. The van der Waals surface area contributed by atoms with Gasteiger partial charge in [-0.2, -0.15) is 0 Å². The van der Waals surface area contributed by atoms with Gasteiger partial charge >= 0.3 is 5.97 Å². The van der Waals surface area contributed by atoms with Crippen LogP contribution >= 0.6 is 22.9 Å². The zero-order valence-corrected chi connectivity index (χ0v) is 22.2. The molecule has 0 radical (unpaired) electrons. The van der Waals surface area contributed by atoms with E-state index in [1.807, 2.05) is 6.92 Å². The molecule has 2 aromatic heterocycles. The number of halogens is 1. The van der Waals surface area contributed by atoms with Crippen LogP contribution < -0.4 is 14.8 Å². The highest BCUT2D eigenvalue weighted by Crippen LogP contribution is 2.37. The number of anilines is 2. The van der Waals surface area contributed by atoms with Crippen molar-refractivity contribution in [3.63, 3.8) is 0 Å². The molecule has 9 nitrogen and oxygen atoms in total. The van der Waals surface area contributed by atoms with Gasteiger partial charge in [0.2, 0.25) is 5.88 Å². The molecule has 0 aliphatic heterocycles. The Bertz CT molecular complexity index is 1350. The van der Waals surface area contributed by atoms with Crippen LogP contribution in [0, 0.1) is 18.8 Å². The molecule has 0 atom stereocenters. The quantitative estimate of drug-likeness (QED) is 0.328. The summed E-state index contributed by atoms with van der Waals surface area (Å²) in [5.41, 5.74) is 1.59. The first kappa shape index (κ1) is 26.2. The van der Waals surface area contributed by atoms with E-state index in [9.17, 15) is 18.3 Å². The van der Waals surface area contributed by atoms with Crippen molar-refractivity contribution in [2.24, 2.45) is 11.8 Å². The van der Waals surface area contributed by atoms with E-state index in [4.69, 9.17) is 16.3 Å². The number of carboxylic acid groups (broad SMARTS) is 1. The Balaban J connectivity index is 1.52. The van der Waals surface area contributed by atoms with Crippen molar-refractivity contribution in [1.29, 1.82) is 0 Å². The third kappa shape index (κ3) is 5.91. The fourth-order valence-electron chi connectivity index (χ4n) is 4.23.